The summed E-state index contributed by atoms with van der Waals surface area (Å²) in [4.78, 5) is 20.2. The Morgan fingerprint density at radius 3 is 1.53 bits per heavy atom. The molecule has 0 spiro atoms. The molecule has 0 saturated carbocycles. The third-order valence-corrected chi connectivity index (χ3v) is 11.7. The Kier molecular flexibility index (Phi) is 13.9. The molecule has 36 heavy (non-hydrogen) atoms. The summed E-state index contributed by atoms with van der Waals surface area (Å²) in [5, 5.41) is 17.2. The minimum absolute atomic E-state index is 0.575. The highest BCUT2D eigenvalue weighted by Crippen LogP contribution is 2.63. The normalized spacial score (nSPS) is 11.4. The highest BCUT2D eigenvalue weighted by atomic mass is 32.2. The third kappa shape index (κ3) is 11.2. The summed E-state index contributed by atoms with van der Waals surface area (Å²) in [6.07, 6.45) is 14.4. The Hall–Kier alpha value is -2.28. The molecule has 0 unspecified atom stereocenters. The molecule has 2 N–H and O–H groups in total. The van der Waals surface area contributed by atoms with Crippen LogP contribution in [0.3, 0.4) is 0 Å². The van der Waals surface area contributed by atoms with E-state index in [4.69, 9.17) is 10.2 Å². The van der Waals surface area contributed by atoms with Crippen molar-refractivity contribution in [2.75, 3.05) is 18.5 Å². The lowest BCUT2D eigenvalue weighted by Gasteiger charge is -2.28. The van der Waals surface area contributed by atoms with Crippen LogP contribution in [0.2, 0.25) is 0 Å². The van der Waals surface area contributed by atoms with Crippen molar-refractivity contribution in [1.29, 1.82) is 0 Å². The van der Waals surface area contributed by atoms with Crippen LogP contribution in [0.5, 0.6) is 0 Å². The molecule has 0 radical (unpaired) electrons. The van der Waals surface area contributed by atoms with E-state index in [2.05, 4.69) is 51.1 Å². The molecule has 0 atom stereocenters. The topological polar surface area (TPSA) is 132 Å². The van der Waals surface area contributed by atoms with Gasteiger partial charge in [-0.05, 0) is 43.0 Å². The van der Waals surface area contributed by atoms with Gasteiger partial charge in [-0.25, -0.2) is 18.0 Å². The molecule has 9 heteroatoms. The molecule has 0 amide bonds. The Morgan fingerprint density at radius 1 is 0.778 bits per heavy atom. The lowest BCUT2D eigenvalue weighted by Crippen LogP contribution is -2.11. The predicted molar refractivity (Wildman–Crippen MR) is 145 cm³/mol. The van der Waals surface area contributed by atoms with Gasteiger partial charge in [0.15, 0.2) is 0 Å². The van der Waals surface area contributed by atoms with Crippen molar-refractivity contribution in [3.05, 3.63) is 65.2 Å². The molecule has 2 aromatic rings. The van der Waals surface area contributed by atoms with Crippen LogP contribution in [0.15, 0.2) is 53.4 Å². The van der Waals surface area contributed by atoms with Crippen LogP contribution in [0.25, 0.3) is 0 Å². The van der Waals surface area contributed by atoms with Crippen molar-refractivity contribution in [2.24, 2.45) is 0 Å². The van der Waals surface area contributed by atoms with Crippen LogP contribution >= 0.6 is 7.26 Å². The Bertz CT molecular complexity index is 1010. The smallest absolute Gasteiger partial charge is 0.335 e. The largest absolute Gasteiger partial charge is 0.744 e. The Labute approximate surface area is 216 Å². The SMILES string of the molecule is CCCC[P+](CCCC)(CCCC)Cc1ccccc1.O=C(O)c1cc(C(=O)O)cc(S(=O)(=O)[O-])c1. The van der Waals surface area contributed by atoms with Crippen molar-refractivity contribution in [3.8, 4) is 0 Å². The average Bonchev–Trinajstić information content (AvgIpc) is 2.85. The van der Waals surface area contributed by atoms with Gasteiger partial charge in [-0.3, -0.25) is 0 Å². The standard InChI is InChI=1S/C19H34P.C8H6O7S/c1-4-7-15-20(16-8-5-2,17-9-6-3)18-19-13-11-10-12-14-19;9-7(10)4-1-5(8(11)12)3-6(2-4)16(13,14)15/h10-14H,4-9,15-18H2,1-3H3;1-3H,(H,9,10)(H,11,12)(H,13,14,15)/q+1;/p-1. The van der Waals surface area contributed by atoms with E-state index in [-0.39, 0.29) is 0 Å². The second kappa shape index (κ2) is 15.7. The van der Waals surface area contributed by atoms with E-state index in [1.165, 1.54) is 63.2 Å². The van der Waals surface area contributed by atoms with Gasteiger partial charge in [0, 0.05) is 7.26 Å². The molecule has 2 aromatic carbocycles. The highest BCUT2D eigenvalue weighted by Gasteiger charge is 2.35. The van der Waals surface area contributed by atoms with E-state index in [9.17, 15) is 22.6 Å². The van der Waals surface area contributed by atoms with Gasteiger partial charge in [0.05, 0.1) is 40.7 Å². The van der Waals surface area contributed by atoms with Crippen LogP contribution in [0, 0.1) is 0 Å². The molecular weight excluding hydrogens is 499 g/mol. The molecule has 0 aliphatic rings. The van der Waals surface area contributed by atoms with Gasteiger partial charge in [0.25, 0.3) is 0 Å². The zero-order valence-electron chi connectivity index (χ0n) is 21.5. The van der Waals surface area contributed by atoms with Crippen molar-refractivity contribution in [2.45, 2.75) is 70.4 Å². The zero-order valence-corrected chi connectivity index (χ0v) is 23.2. The van der Waals surface area contributed by atoms with E-state index in [0.29, 0.717) is 12.1 Å². The Balaban J connectivity index is 0.000000369. The molecule has 0 aliphatic carbocycles. The first-order valence-electron chi connectivity index (χ1n) is 12.4. The Morgan fingerprint density at radius 2 is 1.19 bits per heavy atom. The van der Waals surface area contributed by atoms with Crippen LogP contribution in [-0.4, -0.2) is 53.6 Å². The maximum atomic E-state index is 10.6. The fraction of sp³-hybridized carbons (Fsp3) is 0.481. The highest BCUT2D eigenvalue weighted by molar-refractivity contribution is 7.85. The number of carboxylic acid groups (broad SMARTS) is 2. The minimum Gasteiger partial charge on any atom is -0.744 e. The second-order valence-corrected chi connectivity index (χ2v) is 14.7. The monoisotopic (exact) mass is 538 g/mol. The molecule has 0 aliphatic heterocycles. The second-order valence-electron chi connectivity index (χ2n) is 9.03. The summed E-state index contributed by atoms with van der Waals surface area (Å²) in [5.74, 6) is -3.04. The lowest BCUT2D eigenvalue weighted by atomic mass is 10.1. The molecule has 2 rings (SSSR count). The number of hydrogen-bond acceptors (Lipinski definition) is 5. The van der Waals surface area contributed by atoms with E-state index in [1.54, 1.807) is 5.56 Å². The maximum absolute atomic E-state index is 10.6. The van der Waals surface area contributed by atoms with Crippen LogP contribution in [-0.2, 0) is 16.3 Å². The van der Waals surface area contributed by atoms with Gasteiger partial charge in [0.2, 0.25) is 0 Å². The summed E-state index contributed by atoms with van der Waals surface area (Å²) in [5.41, 5.74) is 0.438. The van der Waals surface area contributed by atoms with Gasteiger partial charge < -0.3 is 14.8 Å². The number of benzene rings is 2. The first kappa shape index (κ1) is 31.7. The number of carboxylic acids is 2. The van der Waals surface area contributed by atoms with Gasteiger partial charge >= 0.3 is 11.9 Å². The zero-order chi connectivity index (χ0) is 27.2. The number of carbonyl (C=O) groups is 2. The fourth-order valence-corrected chi connectivity index (χ4v) is 9.65. The fourth-order valence-electron chi connectivity index (χ4n) is 4.01. The first-order chi connectivity index (χ1) is 17.0. The maximum Gasteiger partial charge on any atom is 0.335 e. The third-order valence-electron chi connectivity index (χ3n) is 6.01. The number of rotatable bonds is 14. The molecule has 0 aromatic heterocycles. The summed E-state index contributed by atoms with van der Waals surface area (Å²) >= 11 is 0. The van der Waals surface area contributed by atoms with Crippen molar-refractivity contribution >= 4 is 29.3 Å². The van der Waals surface area contributed by atoms with Crippen molar-refractivity contribution in [3.63, 3.8) is 0 Å². The predicted octanol–water partition coefficient (Wildman–Crippen LogP) is 6.59. The van der Waals surface area contributed by atoms with Gasteiger partial charge in [-0.2, -0.15) is 0 Å². The van der Waals surface area contributed by atoms with Gasteiger partial charge in [-0.1, -0.05) is 70.4 Å². The molecule has 0 saturated heterocycles. The van der Waals surface area contributed by atoms with Crippen LogP contribution in [0.1, 0.15) is 85.6 Å². The quantitative estimate of drug-likeness (QED) is 0.205. The van der Waals surface area contributed by atoms with Gasteiger partial charge in [0.1, 0.15) is 10.1 Å². The number of unbranched alkanes of at least 4 members (excludes halogenated alkanes) is 3. The molecule has 0 heterocycles. The average molecular weight is 539 g/mol. The molecular formula is C27H39O7PS. The molecule has 0 bridgehead atoms. The van der Waals surface area contributed by atoms with E-state index < -0.39 is 45.3 Å². The lowest BCUT2D eigenvalue weighted by molar-refractivity contribution is 0.0696. The van der Waals surface area contributed by atoms with E-state index in [0.717, 1.165) is 6.07 Å². The number of hydrogen-bond donors (Lipinski definition) is 2. The first-order valence-corrected chi connectivity index (χ1v) is 16.4. The van der Waals surface area contributed by atoms with Crippen molar-refractivity contribution in [1.82, 2.24) is 0 Å². The van der Waals surface area contributed by atoms with Crippen molar-refractivity contribution < 1.29 is 32.8 Å². The van der Waals surface area contributed by atoms with Crippen LogP contribution in [0.4, 0.5) is 0 Å². The van der Waals surface area contributed by atoms with E-state index >= 15 is 0 Å². The van der Waals surface area contributed by atoms with Gasteiger partial charge in [-0.15, -0.1) is 0 Å². The number of aromatic carboxylic acids is 2. The molecule has 200 valence electrons. The minimum atomic E-state index is -4.89. The summed E-state index contributed by atoms with van der Waals surface area (Å²) in [7, 11) is -5.66. The summed E-state index contributed by atoms with van der Waals surface area (Å²) in [6, 6.07) is 13.2. The molecule has 0 fully saturated rings. The van der Waals surface area contributed by atoms with Crippen LogP contribution < -0.4 is 0 Å². The summed E-state index contributed by atoms with van der Waals surface area (Å²) < 4.78 is 31.9. The summed E-state index contributed by atoms with van der Waals surface area (Å²) in [6.45, 7) is 7.03. The molecule has 7 nitrogen and oxygen atoms in total. The van der Waals surface area contributed by atoms with E-state index in [1.807, 2.05) is 0 Å².